The number of benzene rings is 1. The summed E-state index contributed by atoms with van der Waals surface area (Å²) in [6, 6.07) is 6.44. The quantitative estimate of drug-likeness (QED) is 0.812. The normalized spacial score (nSPS) is 21.2. The second kappa shape index (κ2) is 7.85. The fourth-order valence-corrected chi connectivity index (χ4v) is 5.18. The van der Waals surface area contributed by atoms with Crippen molar-refractivity contribution in [2.75, 3.05) is 31.5 Å². The largest absolute Gasteiger partial charge is 0.325 e. The van der Waals surface area contributed by atoms with Crippen molar-refractivity contribution in [3.05, 3.63) is 24.3 Å². The van der Waals surface area contributed by atoms with Crippen LogP contribution in [0.5, 0.6) is 0 Å². The van der Waals surface area contributed by atoms with E-state index in [1.165, 1.54) is 28.5 Å². The first-order valence-corrected chi connectivity index (χ1v) is 10.7. The molecule has 0 unspecified atom stereocenters. The van der Waals surface area contributed by atoms with Crippen molar-refractivity contribution in [3.8, 4) is 0 Å². The van der Waals surface area contributed by atoms with Crippen LogP contribution in [-0.4, -0.2) is 50.9 Å². The summed E-state index contributed by atoms with van der Waals surface area (Å²) in [6.07, 6.45) is 5.45. The van der Waals surface area contributed by atoms with Crippen LogP contribution < -0.4 is 10.2 Å². The molecule has 0 radical (unpaired) electrons. The first-order valence-electron chi connectivity index (χ1n) is 9.24. The topological polar surface area (TPSA) is 70.9 Å². The molecule has 0 aromatic heterocycles. The average Bonchev–Trinajstić information content (AvgIpc) is 3.18. The van der Waals surface area contributed by atoms with Gasteiger partial charge in [-0.15, -0.1) is 0 Å². The molecular weight excluding hydrogens is 338 g/mol. The van der Waals surface area contributed by atoms with Gasteiger partial charge >= 0.3 is 0 Å². The third-order valence-electron chi connectivity index (χ3n) is 5.33. The number of likely N-dealkylation sites (tertiary alicyclic amines) is 1. The number of amides is 1. The second-order valence-corrected chi connectivity index (χ2v) is 9.00. The molecule has 1 aromatic carbocycles. The Labute approximate surface area is 150 Å². The molecule has 2 fully saturated rings. The zero-order chi connectivity index (χ0) is 17.9. The molecule has 7 heteroatoms. The zero-order valence-electron chi connectivity index (χ0n) is 14.8. The number of sulfonamides is 1. The van der Waals surface area contributed by atoms with Crippen molar-refractivity contribution in [2.45, 2.75) is 50.0 Å². The highest BCUT2D eigenvalue weighted by molar-refractivity contribution is 7.89. The Bertz CT molecular complexity index is 691. The number of hydrogen-bond acceptors (Lipinski definition) is 3. The first-order chi connectivity index (χ1) is 12.0. The van der Waals surface area contributed by atoms with Crippen molar-refractivity contribution in [1.29, 1.82) is 0 Å². The lowest BCUT2D eigenvalue weighted by Crippen LogP contribution is -3.17. The molecule has 2 heterocycles. The van der Waals surface area contributed by atoms with Crippen LogP contribution in [0.1, 0.15) is 39.0 Å². The molecule has 2 N–H and O–H groups in total. The van der Waals surface area contributed by atoms with E-state index in [0.29, 0.717) is 23.7 Å². The molecule has 1 amide bonds. The number of nitrogens with one attached hydrogen (secondary N) is 2. The minimum atomic E-state index is -3.40. The molecule has 0 aliphatic carbocycles. The Morgan fingerprint density at radius 1 is 1.04 bits per heavy atom. The summed E-state index contributed by atoms with van der Waals surface area (Å²) in [7, 11) is -3.40. The van der Waals surface area contributed by atoms with Gasteiger partial charge in [-0.1, -0.05) is 0 Å². The molecule has 0 saturated carbocycles. The van der Waals surface area contributed by atoms with E-state index in [1.54, 1.807) is 24.3 Å². The third-order valence-corrected chi connectivity index (χ3v) is 7.24. The van der Waals surface area contributed by atoms with Crippen LogP contribution in [0.25, 0.3) is 0 Å². The summed E-state index contributed by atoms with van der Waals surface area (Å²) < 4.78 is 26.6. The average molecular weight is 367 g/mol. The highest BCUT2D eigenvalue weighted by Crippen LogP contribution is 2.22. The maximum absolute atomic E-state index is 12.5. The number of carbonyl (C=O) groups excluding carboxylic acids is 1. The summed E-state index contributed by atoms with van der Waals surface area (Å²) in [5.74, 6) is -0.00736. The van der Waals surface area contributed by atoms with Gasteiger partial charge in [0.25, 0.3) is 5.91 Å². The number of quaternary nitrogens is 1. The number of anilines is 1. The van der Waals surface area contributed by atoms with Crippen molar-refractivity contribution < 1.29 is 18.1 Å². The second-order valence-electron chi connectivity index (χ2n) is 7.07. The van der Waals surface area contributed by atoms with Crippen LogP contribution in [-0.2, 0) is 14.8 Å². The summed E-state index contributed by atoms with van der Waals surface area (Å²) in [5.41, 5.74) is 0.647. The van der Waals surface area contributed by atoms with E-state index in [-0.39, 0.29) is 11.9 Å². The lowest BCUT2D eigenvalue weighted by atomic mass is 10.1. The molecule has 138 valence electrons. The van der Waals surface area contributed by atoms with Crippen molar-refractivity contribution in [1.82, 2.24) is 4.31 Å². The minimum Gasteiger partial charge on any atom is -0.325 e. The number of carbonyl (C=O) groups is 1. The van der Waals surface area contributed by atoms with Gasteiger partial charge in [-0.25, -0.2) is 8.42 Å². The van der Waals surface area contributed by atoms with E-state index in [4.69, 9.17) is 0 Å². The fraction of sp³-hybridized carbons (Fsp3) is 0.611. The monoisotopic (exact) mass is 366 g/mol. The van der Waals surface area contributed by atoms with Gasteiger partial charge in [-0.05, 0) is 63.3 Å². The number of piperidine rings is 1. The van der Waals surface area contributed by atoms with Crippen LogP contribution in [0.2, 0.25) is 0 Å². The third kappa shape index (κ3) is 4.22. The highest BCUT2D eigenvalue weighted by Gasteiger charge is 2.28. The van der Waals surface area contributed by atoms with E-state index >= 15 is 0 Å². The van der Waals surface area contributed by atoms with Crippen molar-refractivity contribution >= 4 is 21.6 Å². The molecular formula is C18H28N3O3S+. The summed E-state index contributed by atoms with van der Waals surface area (Å²) in [6.45, 7) is 5.24. The van der Waals surface area contributed by atoms with Crippen LogP contribution in [0.4, 0.5) is 5.69 Å². The lowest BCUT2D eigenvalue weighted by molar-refractivity contribution is -0.918. The van der Waals surface area contributed by atoms with Gasteiger partial charge in [-0.3, -0.25) is 4.79 Å². The molecule has 0 spiro atoms. The van der Waals surface area contributed by atoms with Crippen molar-refractivity contribution in [2.24, 2.45) is 0 Å². The van der Waals surface area contributed by atoms with Crippen LogP contribution in [0, 0.1) is 0 Å². The molecule has 3 rings (SSSR count). The smallest absolute Gasteiger partial charge is 0.282 e. The van der Waals surface area contributed by atoms with Gasteiger partial charge in [0.1, 0.15) is 0 Å². The Balaban J connectivity index is 1.63. The molecule has 2 saturated heterocycles. The lowest BCUT2D eigenvalue weighted by Gasteiger charge is -2.28. The standard InChI is InChI=1S/C18H27N3O3S/c1-15(20-11-3-2-4-12-20)18(22)19-16-7-9-17(10-8-16)25(23,24)21-13-5-6-14-21/h7-10,15H,2-6,11-14H2,1H3,(H,19,22)/p+1/t15-/m1/s1. The fourth-order valence-electron chi connectivity index (χ4n) is 3.66. The van der Waals surface area contributed by atoms with Gasteiger partial charge in [0, 0.05) is 18.8 Å². The first kappa shape index (κ1) is 18.4. The number of rotatable bonds is 5. The molecule has 6 nitrogen and oxygen atoms in total. The number of nitrogens with zero attached hydrogens (tertiary/aromatic N) is 1. The molecule has 0 bridgehead atoms. The predicted octanol–water partition coefficient (Wildman–Crippen LogP) is 0.867. The van der Waals surface area contributed by atoms with Crippen LogP contribution >= 0.6 is 0 Å². The molecule has 1 aromatic rings. The molecule has 1 atom stereocenters. The zero-order valence-corrected chi connectivity index (χ0v) is 15.6. The predicted molar refractivity (Wildman–Crippen MR) is 97.1 cm³/mol. The van der Waals surface area contributed by atoms with Gasteiger partial charge in [-0.2, -0.15) is 4.31 Å². The highest BCUT2D eigenvalue weighted by atomic mass is 32.2. The SMILES string of the molecule is C[C@H](C(=O)Nc1ccc(S(=O)(=O)N2CCCC2)cc1)[NH+]1CCCCC1. The van der Waals surface area contributed by atoms with E-state index < -0.39 is 10.0 Å². The van der Waals surface area contributed by atoms with E-state index in [1.807, 2.05) is 6.92 Å². The van der Waals surface area contributed by atoms with E-state index in [0.717, 1.165) is 25.9 Å². The van der Waals surface area contributed by atoms with E-state index in [2.05, 4.69) is 5.32 Å². The van der Waals surface area contributed by atoms with Gasteiger partial charge in [0.2, 0.25) is 10.0 Å². The van der Waals surface area contributed by atoms with Crippen molar-refractivity contribution in [3.63, 3.8) is 0 Å². The summed E-state index contributed by atoms with van der Waals surface area (Å²) >= 11 is 0. The summed E-state index contributed by atoms with van der Waals surface area (Å²) in [4.78, 5) is 14.1. The number of hydrogen-bond donors (Lipinski definition) is 2. The molecule has 25 heavy (non-hydrogen) atoms. The molecule has 2 aliphatic rings. The van der Waals surface area contributed by atoms with Gasteiger partial charge in [0.05, 0.1) is 18.0 Å². The Morgan fingerprint density at radius 3 is 2.24 bits per heavy atom. The minimum absolute atomic E-state index is 0.00736. The Hall–Kier alpha value is -1.44. The van der Waals surface area contributed by atoms with Gasteiger partial charge in [0.15, 0.2) is 6.04 Å². The molecule has 2 aliphatic heterocycles. The Kier molecular flexibility index (Phi) is 5.76. The van der Waals surface area contributed by atoms with Crippen LogP contribution in [0.3, 0.4) is 0 Å². The van der Waals surface area contributed by atoms with Gasteiger partial charge < -0.3 is 10.2 Å². The Morgan fingerprint density at radius 2 is 1.64 bits per heavy atom. The van der Waals surface area contributed by atoms with Crippen LogP contribution in [0.15, 0.2) is 29.2 Å². The summed E-state index contributed by atoms with van der Waals surface area (Å²) in [5, 5.41) is 2.92. The maximum Gasteiger partial charge on any atom is 0.282 e. The van der Waals surface area contributed by atoms with E-state index in [9.17, 15) is 13.2 Å². The maximum atomic E-state index is 12.5.